The number of carbonyl (C=O) groups excluding carboxylic acids is 2. The van der Waals surface area contributed by atoms with Crippen LogP contribution in [0.2, 0.25) is 0 Å². The molecule has 2 atom stereocenters. The molecule has 1 saturated heterocycles. The van der Waals surface area contributed by atoms with Crippen LogP contribution >= 0.6 is 33.9 Å². The van der Waals surface area contributed by atoms with Gasteiger partial charge in [-0.3, -0.25) is 9.59 Å². The molecule has 2 fully saturated rings. The van der Waals surface area contributed by atoms with Crippen LogP contribution in [-0.4, -0.2) is 29.2 Å². The molecule has 1 aliphatic heterocycles. The van der Waals surface area contributed by atoms with Gasteiger partial charge in [0.05, 0.1) is 8.45 Å². The fourth-order valence-electron chi connectivity index (χ4n) is 3.47. The molecule has 0 aromatic carbocycles. The normalized spacial score (nSPS) is 27.1. The van der Waals surface area contributed by atoms with E-state index in [4.69, 9.17) is 0 Å². The highest BCUT2D eigenvalue weighted by Gasteiger charge is 2.38. The summed E-state index contributed by atoms with van der Waals surface area (Å²) in [5, 5.41) is 1.94. The minimum absolute atomic E-state index is 0.0944. The van der Waals surface area contributed by atoms with E-state index in [0.717, 1.165) is 47.1 Å². The fourth-order valence-corrected chi connectivity index (χ4v) is 4.79. The van der Waals surface area contributed by atoms with Crippen molar-refractivity contribution in [1.29, 1.82) is 0 Å². The van der Waals surface area contributed by atoms with Gasteiger partial charge in [-0.2, -0.15) is 0 Å². The zero-order valence-corrected chi connectivity index (χ0v) is 14.3. The number of hydrogen-bond acceptors (Lipinski definition) is 3. The highest BCUT2D eigenvalue weighted by Crippen LogP contribution is 2.33. The van der Waals surface area contributed by atoms with E-state index in [9.17, 15) is 9.59 Å². The lowest BCUT2D eigenvalue weighted by molar-refractivity contribution is -0.122. The van der Waals surface area contributed by atoms with Crippen molar-refractivity contribution < 1.29 is 9.59 Å². The molecule has 1 aromatic rings. The Balaban J connectivity index is 1.81. The van der Waals surface area contributed by atoms with Crippen LogP contribution in [0.15, 0.2) is 11.4 Å². The van der Waals surface area contributed by atoms with Gasteiger partial charge in [0.25, 0.3) is 5.91 Å². The number of piperidine rings is 1. The molecular formula is C15H18INO2S. The summed E-state index contributed by atoms with van der Waals surface area (Å²) in [6, 6.07) is 2.10. The number of amides is 1. The molecule has 1 amide bonds. The maximum atomic E-state index is 12.7. The second-order valence-corrected chi connectivity index (χ2v) is 8.47. The van der Waals surface area contributed by atoms with E-state index < -0.39 is 0 Å². The quantitative estimate of drug-likeness (QED) is 0.706. The Morgan fingerprint density at radius 1 is 1.30 bits per heavy atom. The summed E-state index contributed by atoms with van der Waals surface area (Å²) >= 11 is 3.85. The van der Waals surface area contributed by atoms with Gasteiger partial charge >= 0.3 is 0 Å². The van der Waals surface area contributed by atoms with Crippen molar-refractivity contribution in [3.8, 4) is 0 Å². The van der Waals surface area contributed by atoms with Crippen LogP contribution < -0.4 is 0 Å². The zero-order valence-electron chi connectivity index (χ0n) is 11.3. The molecule has 0 N–H and O–H groups in total. The van der Waals surface area contributed by atoms with Crippen LogP contribution in [0.5, 0.6) is 0 Å². The Morgan fingerprint density at radius 3 is 2.80 bits per heavy atom. The number of hydrogen-bond donors (Lipinski definition) is 0. The maximum Gasteiger partial charge on any atom is 0.255 e. The summed E-state index contributed by atoms with van der Waals surface area (Å²) < 4.78 is 1.14. The lowest BCUT2D eigenvalue weighted by Gasteiger charge is -2.38. The molecule has 2 aliphatic rings. The van der Waals surface area contributed by atoms with Crippen molar-refractivity contribution in [3.63, 3.8) is 0 Å². The first kappa shape index (κ1) is 14.5. The minimum atomic E-state index is 0.0944. The number of ketones is 1. The number of rotatable bonds is 2. The van der Waals surface area contributed by atoms with Gasteiger partial charge in [0, 0.05) is 30.3 Å². The molecule has 1 aromatic heterocycles. The van der Waals surface area contributed by atoms with Gasteiger partial charge in [0.1, 0.15) is 5.78 Å². The Hall–Kier alpha value is -0.430. The number of likely N-dealkylation sites (tertiary alicyclic amines) is 1. The third kappa shape index (κ3) is 2.79. The molecule has 1 aliphatic carbocycles. The Bertz CT molecular complexity index is 528. The Morgan fingerprint density at radius 2 is 2.15 bits per heavy atom. The van der Waals surface area contributed by atoms with Crippen LogP contribution in [-0.2, 0) is 4.79 Å². The van der Waals surface area contributed by atoms with E-state index in [1.807, 2.05) is 16.3 Å². The molecule has 2 heterocycles. The SMILES string of the molecule is O=C1CCCC1C1CCCCN1C(=O)c1csc(I)c1. The third-order valence-electron chi connectivity index (χ3n) is 4.44. The van der Waals surface area contributed by atoms with Gasteiger partial charge < -0.3 is 4.90 Å². The lowest BCUT2D eigenvalue weighted by Crippen LogP contribution is -2.48. The first-order valence-corrected chi connectivity index (χ1v) is 9.20. The summed E-state index contributed by atoms with van der Waals surface area (Å²) in [6.45, 7) is 0.805. The van der Waals surface area contributed by atoms with Gasteiger partial charge in [0.15, 0.2) is 0 Å². The predicted molar refractivity (Wildman–Crippen MR) is 88.1 cm³/mol. The number of thiophene rings is 1. The minimum Gasteiger partial charge on any atom is -0.335 e. The second-order valence-electron chi connectivity index (χ2n) is 5.67. The maximum absolute atomic E-state index is 12.7. The third-order valence-corrected chi connectivity index (χ3v) is 6.23. The molecule has 0 radical (unpaired) electrons. The van der Waals surface area contributed by atoms with Gasteiger partial charge in [-0.25, -0.2) is 0 Å². The smallest absolute Gasteiger partial charge is 0.255 e. The lowest BCUT2D eigenvalue weighted by atomic mass is 9.88. The van der Waals surface area contributed by atoms with Gasteiger partial charge in [-0.1, -0.05) is 0 Å². The number of nitrogens with zero attached hydrogens (tertiary/aromatic N) is 1. The van der Waals surface area contributed by atoms with Crippen LogP contribution in [0, 0.1) is 8.80 Å². The molecule has 2 unspecified atom stereocenters. The Kier molecular flexibility index (Phi) is 4.45. The average Bonchev–Trinajstić information content (AvgIpc) is 3.07. The Labute approximate surface area is 136 Å². The first-order chi connectivity index (χ1) is 9.66. The van der Waals surface area contributed by atoms with E-state index in [-0.39, 0.29) is 17.9 Å². The summed E-state index contributed by atoms with van der Waals surface area (Å²) in [7, 11) is 0. The van der Waals surface area contributed by atoms with Crippen LogP contribution in [0.4, 0.5) is 0 Å². The van der Waals surface area contributed by atoms with Crippen molar-refractivity contribution in [1.82, 2.24) is 4.90 Å². The monoisotopic (exact) mass is 403 g/mol. The molecule has 1 saturated carbocycles. The van der Waals surface area contributed by atoms with E-state index >= 15 is 0 Å². The number of halogens is 1. The molecule has 108 valence electrons. The molecule has 3 nitrogen and oxygen atoms in total. The topological polar surface area (TPSA) is 37.4 Å². The van der Waals surface area contributed by atoms with E-state index in [1.54, 1.807) is 11.3 Å². The van der Waals surface area contributed by atoms with Crippen molar-refractivity contribution in [3.05, 3.63) is 19.9 Å². The van der Waals surface area contributed by atoms with Crippen molar-refractivity contribution in [2.24, 2.45) is 5.92 Å². The number of carbonyl (C=O) groups is 2. The first-order valence-electron chi connectivity index (χ1n) is 7.24. The average molecular weight is 403 g/mol. The van der Waals surface area contributed by atoms with E-state index in [2.05, 4.69) is 22.6 Å². The molecule has 3 rings (SSSR count). The highest BCUT2D eigenvalue weighted by molar-refractivity contribution is 14.1. The fraction of sp³-hybridized carbons (Fsp3) is 0.600. The standard InChI is InChI=1S/C15H18INO2S/c16-14-8-10(9-20-14)15(19)17-7-2-1-5-12(17)11-4-3-6-13(11)18/h8-9,11-12H,1-7H2. The summed E-state index contributed by atoms with van der Waals surface area (Å²) in [6.07, 6.45) is 5.86. The largest absolute Gasteiger partial charge is 0.335 e. The molecule has 0 bridgehead atoms. The number of Topliss-reactive ketones (excluding diaryl/α,β-unsaturated/α-hetero) is 1. The molecule has 20 heavy (non-hydrogen) atoms. The molecule has 0 spiro atoms. The predicted octanol–water partition coefficient (Wildman–Crippen LogP) is 3.72. The van der Waals surface area contributed by atoms with Gasteiger partial charge in [-0.15, -0.1) is 11.3 Å². The van der Waals surface area contributed by atoms with Gasteiger partial charge in [0.2, 0.25) is 0 Å². The summed E-state index contributed by atoms with van der Waals surface area (Å²) in [5.41, 5.74) is 0.789. The van der Waals surface area contributed by atoms with E-state index in [0.29, 0.717) is 12.2 Å². The summed E-state index contributed by atoms with van der Waals surface area (Å²) in [5.74, 6) is 0.583. The van der Waals surface area contributed by atoms with Crippen LogP contribution in [0.25, 0.3) is 0 Å². The summed E-state index contributed by atoms with van der Waals surface area (Å²) in [4.78, 5) is 26.7. The van der Waals surface area contributed by atoms with Crippen molar-refractivity contribution >= 4 is 45.6 Å². The van der Waals surface area contributed by atoms with Crippen molar-refractivity contribution in [2.75, 3.05) is 6.54 Å². The zero-order chi connectivity index (χ0) is 14.1. The van der Waals surface area contributed by atoms with Gasteiger partial charge in [-0.05, 0) is 60.8 Å². The highest BCUT2D eigenvalue weighted by atomic mass is 127. The molecular weight excluding hydrogens is 385 g/mol. The van der Waals surface area contributed by atoms with Crippen molar-refractivity contribution in [2.45, 2.75) is 44.6 Å². The molecule has 5 heteroatoms. The van der Waals surface area contributed by atoms with E-state index in [1.165, 1.54) is 0 Å². The second kappa shape index (κ2) is 6.13. The van der Waals surface area contributed by atoms with Crippen LogP contribution in [0.1, 0.15) is 48.9 Å². The van der Waals surface area contributed by atoms with Crippen LogP contribution in [0.3, 0.4) is 0 Å².